The van der Waals surface area contributed by atoms with Gasteiger partial charge in [0, 0.05) is 29.9 Å². The highest BCUT2D eigenvalue weighted by molar-refractivity contribution is 5.71. The van der Waals surface area contributed by atoms with Crippen molar-refractivity contribution in [2.45, 2.75) is 44.7 Å². The van der Waals surface area contributed by atoms with E-state index in [9.17, 15) is 22.4 Å². The quantitative estimate of drug-likeness (QED) is 0.379. The van der Waals surface area contributed by atoms with E-state index in [-0.39, 0.29) is 23.6 Å². The number of nitrogens with zero attached hydrogens (tertiary/aromatic N) is 1. The van der Waals surface area contributed by atoms with Crippen LogP contribution in [-0.2, 0) is 4.74 Å². The van der Waals surface area contributed by atoms with Gasteiger partial charge in [0.05, 0.1) is 18.7 Å². The molecule has 0 spiro atoms. The smallest absolute Gasteiger partial charge is 0.387 e. The minimum absolute atomic E-state index is 0.0637. The van der Waals surface area contributed by atoms with Crippen LogP contribution in [-0.4, -0.2) is 36.7 Å². The van der Waals surface area contributed by atoms with Crippen molar-refractivity contribution in [1.29, 1.82) is 0 Å². The van der Waals surface area contributed by atoms with Gasteiger partial charge in [-0.1, -0.05) is 6.07 Å². The summed E-state index contributed by atoms with van der Waals surface area (Å²) in [6, 6.07) is 5.15. The maximum atomic E-state index is 14.9. The van der Waals surface area contributed by atoms with Crippen molar-refractivity contribution < 1.29 is 36.6 Å². The van der Waals surface area contributed by atoms with Crippen molar-refractivity contribution in [3.8, 4) is 11.5 Å². The van der Waals surface area contributed by atoms with Gasteiger partial charge in [-0.3, -0.25) is 0 Å². The predicted molar refractivity (Wildman–Crippen MR) is 125 cm³/mol. The molecule has 0 bridgehead atoms. The topological polar surface area (TPSA) is 112 Å². The summed E-state index contributed by atoms with van der Waals surface area (Å²) in [5.74, 6) is -0.949. The Labute approximate surface area is 211 Å². The van der Waals surface area contributed by atoms with Gasteiger partial charge >= 0.3 is 12.6 Å². The van der Waals surface area contributed by atoms with Crippen LogP contribution < -0.4 is 26.3 Å². The zero-order valence-electron chi connectivity index (χ0n) is 20.0. The number of nitrogens with one attached hydrogen (secondary N) is 1. The zero-order chi connectivity index (χ0) is 26.7. The lowest BCUT2D eigenvalue weighted by atomic mass is 10.0. The molecule has 0 aromatic heterocycles. The largest absolute Gasteiger partial charge is 0.489 e. The lowest BCUT2D eigenvalue weighted by Crippen LogP contribution is -2.39. The lowest BCUT2D eigenvalue weighted by molar-refractivity contribution is -0.0516. The number of nitrogens with two attached hydrogens (primary N) is 2. The van der Waals surface area contributed by atoms with Crippen molar-refractivity contribution >= 4 is 6.03 Å². The van der Waals surface area contributed by atoms with Crippen LogP contribution in [0.3, 0.4) is 0 Å². The first-order valence-corrected chi connectivity index (χ1v) is 11.7. The van der Waals surface area contributed by atoms with Gasteiger partial charge in [-0.15, -0.1) is 0 Å². The Morgan fingerprint density at radius 2 is 1.95 bits per heavy atom. The average Bonchev–Trinajstić information content (AvgIpc) is 3.55. The fraction of sp³-hybridized carbons (Fsp3) is 0.400. The predicted octanol–water partition coefficient (Wildman–Crippen LogP) is 4.28. The van der Waals surface area contributed by atoms with Crippen molar-refractivity contribution in [3.63, 3.8) is 0 Å². The Hall–Kier alpha value is -3.67. The normalized spacial score (nSPS) is 18.7. The molecule has 200 valence electrons. The standard InChI is InChI=1S/C25H28F4N4O4/c1-13(30)22-11-33(19(10-32-25(31)34)17-6-5-16(26)9-18(17)27)23(36-22)15-4-7-20(37-24(28)29)21(8-15)35-12-14-2-3-14/h4-9,11,13-14,19,23-24H,2-3,10,12,30H2,1H3,(H3,31,32,34)/t13-,19?,23?/m0/s1. The number of halogens is 4. The van der Waals surface area contributed by atoms with Crippen LogP contribution in [0.5, 0.6) is 11.5 Å². The molecule has 2 aromatic carbocycles. The second-order valence-electron chi connectivity index (χ2n) is 9.00. The molecule has 5 N–H and O–H groups in total. The van der Waals surface area contributed by atoms with Crippen LogP contribution in [0, 0.1) is 17.6 Å². The van der Waals surface area contributed by atoms with Crippen LogP contribution in [0.15, 0.2) is 48.4 Å². The number of rotatable bonds is 11. The van der Waals surface area contributed by atoms with Gasteiger partial charge in [-0.25, -0.2) is 13.6 Å². The first-order valence-electron chi connectivity index (χ1n) is 11.7. The third-order valence-electron chi connectivity index (χ3n) is 6.04. The van der Waals surface area contributed by atoms with Gasteiger partial charge < -0.3 is 35.9 Å². The first-order chi connectivity index (χ1) is 17.6. The van der Waals surface area contributed by atoms with Crippen LogP contribution in [0.1, 0.15) is 43.2 Å². The molecule has 3 atom stereocenters. The fourth-order valence-corrected chi connectivity index (χ4v) is 3.97. The maximum absolute atomic E-state index is 14.9. The molecule has 0 saturated heterocycles. The molecule has 0 radical (unpaired) electrons. The van der Waals surface area contributed by atoms with Gasteiger partial charge in [0.25, 0.3) is 0 Å². The molecule has 1 aliphatic carbocycles. The number of alkyl halides is 2. The number of primary amides is 1. The minimum Gasteiger partial charge on any atom is -0.489 e. The van der Waals surface area contributed by atoms with E-state index in [1.807, 2.05) is 0 Å². The molecule has 1 saturated carbocycles. The highest BCUT2D eigenvalue weighted by Gasteiger charge is 2.36. The van der Waals surface area contributed by atoms with Crippen LogP contribution in [0.25, 0.3) is 0 Å². The molecule has 8 nitrogen and oxygen atoms in total. The number of benzene rings is 2. The summed E-state index contributed by atoms with van der Waals surface area (Å²) in [7, 11) is 0. The van der Waals surface area contributed by atoms with E-state index in [0.29, 0.717) is 23.8 Å². The van der Waals surface area contributed by atoms with E-state index >= 15 is 0 Å². The van der Waals surface area contributed by atoms with Crippen LogP contribution >= 0.6 is 0 Å². The molecule has 2 aliphatic rings. The minimum atomic E-state index is -3.05. The molecule has 1 aliphatic heterocycles. The molecule has 2 amide bonds. The van der Waals surface area contributed by atoms with Crippen LogP contribution in [0.4, 0.5) is 22.4 Å². The van der Waals surface area contributed by atoms with E-state index in [1.54, 1.807) is 18.0 Å². The molecule has 2 aromatic rings. The lowest BCUT2D eigenvalue weighted by Gasteiger charge is -2.33. The molecule has 12 heteroatoms. The number of carbonyl (C=O) groups excluding carboxylic acids is 1. The Morgan fingerprint density at radius 1 is 1.19 bits per heavy atom. The molecular formula is C25H28F4N4O4. The van der Waals surface area contributed by atoms with Crippen molar-refractivity contribution in [3.05, 3.63) is 71.1 Å². The van der Waals surface area contributed by atoms with Gasteiger partial charge in [0.1, 0.15) is 17.4 Å². The van der Waals surface area contributed by atoms with Crippen molar-refractivity contribution in [2.24, 2.45) is 17.4 Å². The second-order valence-corrected chi connectivity index (χ2v) is 9.00. The summed E-state index contributed by atoms with van der Waals surface area (Å²) in [5, 5.41) is 2.45. The number of carbonyl (C=O) groups is 1. The second kappa shape index (κ2) is 11.2. The number of amides is 2. The summed E-state index contributed by atoms with van der Waals surface area (Å²) in [6.07, 6.45) is 2.63. The number of hydrogen-bond acceptors (Lipinski definition) is 6. The molecule has 37 heavy (non-hydrogen) atoms. The van der Waals surface area contributed by atoms with Gasteiger partial charge in [-0.2, -0.15) is 8.78 Å². The molecule has 1 heterocycles. The molecular weight excluding hydrogens is 496 g/mol. The first kappa shape index (κ1) is 26.4. The molecule has 4 rings (SSSR count). The SMILES string of the molecule is C[C@H](N)C1=CN(C(CNC(N)=O)c2ccc(F)cc2F)C(c2ccc(OC(F)F)c(OCC3CC3)c2)O1. The Balaban J connectivity index is 1.73. The summed E-state index contributed by atoms with van der Waals surface area (Å²) >= 11 is 0. The van der Waals surface area contributed by atoms with E-state index in [2.05, 4.69) is 10.1 Å². The van der Waals surface area contributed by atoms with Crippen LogP contribution in [0.2, 0.25) is 0 Å². The summed E-state index contributed by atoms with van der Waals surface area (Å²) in [4.78, 5) is 13.1. The number of hydrogen-bond donors (Lipinski definition) is 3. The van der Waals surface area contributed by atoms with Gasteiger partial charge in [-0.05, 0) is 49.9 Å². The average molecular weight is 525 g/mol. The van der Waals surface area contributed by atoms with E-state index < -0.39 is 42.6 Å². The summed E-state index contributed by atoms with van der Waals surface area (Å²) < 4.78 is 71.0. The Kier molecular flexibility index (Phi) is 7.96. The van der Waals surface area contributed by atoms with E-state index in [1.165, 1.54) is 24.3 Å². The van der Waals surface area contributed by atoms with E-state index in [4.69, 9.17) is 20.9 Å². The highest BCUT2D eigenvalue weighted by atomic mass is 19.3. The Bertz CT molecular complexity index is 1160. The maximum Gasteiger partial charge on any atom is 0.387 e. The third-order valence-corrected chi connectivity index (χ3v) is 6.04. The highest BCUT2D eigenvalue weighted by Crippen LogP contribution is 2.42. The third kappa shape index (κ3) is 6.56. The van der Waals surface area contributed by atoms with E-state index in [0.717, 1.165) is 25.0 Å². The zero-order valence-corrected chi connectivity index (χ0v) is 20.0. The number of urea groups is 1. The summed E-state index contributed by atoms with van der Waals surface area (Å²) in [6.45, 7) is -1.18. The molecule has 1 fully saturated rings. The molecule has 2 unspecified atom stereocenters. The number of ether oxygens (including phenoxy) is 3. The van der Waals surface area contributed by atoms with Crippen molar-refractivity contribution in [1.82, 2.24) is 10.2 Å². The van der Waals surface area contributed by atoms with Gasteiger partial charge in [0.2, 0.25) is 0 Å². The van der Waals surface area contributed by atoms with Crippen molar-refractivity contribution in [2.75, 3.05) is 13.2 Å². The Morgan fingerprint density at radius 3 is 2.57 bits per heavy atom. The monoisotopic (exact) mass is 524 g/mol. The summed E-state index contributed by atoms with van der Waals surface area (Å²) in [5.41, 5.74) is 11.8. The fourth-order valence-electron chi connectivity index (χ4n) is 3.97. The van der Waals surface area contributed by atoms with Gasteiger partial charge in [0.15, 0.2) is 17.7 Å².